The molecule has 0 aliphatic rings. The van der Waals surface area contributed by atoms with Crippen molar-refractivity contribution in [3.8, 4) is 0 Å². The van der Waals surface area contributed by atoms with Gasteiger partial charge in [-0.2, -0.15) is 4.98 Å². The van der Waals surface area contributed by atoms with Gasteiger partial charge in [0.2, 0.25) is 0 Å². The molecule has 0 fully saturated rings. The number of Topliss-reactive ketones (excluding diaryl/α,β-unsaturated/α-hetero) is 1. The first kappa shape index (κ1) is 16.4. The van der Waals surface area contributed by atoms with Crippen LogP contribution in [0.2, 0.25) is 0 Å². The first-order valence-electron chi connectivity index (χ1n) is 7.85. The number of carbonyl (C=O) groups is 1. The van der Waals surface area contributed by atoms with Crippen molar-refractivity contribution in [2.24, 2.45) is 0 Å². The number of rotatable bonds is 8. The molecule has 2 heterocycles. The van der Waals surface area contributed by atoms with Gasteiger partial charge in [-0.15, -0.1) is 0 Å². The van der Waals surface area contributed by atoms with Crippen LogP contribution in [-0.2, 0) is 6.54 Å². The zero-order chi connectivity index (χ0) is 17.5. The summed E-state index contributed by atoms with van der Waals surface area (Å²) in [5.74, 6) is 0.605. The maximum absolute atomic E-state index is 12.0. The monoisotopic (exact) mass is 338 g/mol. The zero-order valence-corrected chi connectivity index (χ0v) is 13.5. The van der Waals surface area contributed by atoms with E-state index in [9.17, 15) is 9.59 Å². The minimum absolute atomic E-state index is 0.0619. The Kier molecular flexibility index (Phi) is 5.20. The van der Waals surface area contributed by atoms with Crippen molar-refractivity contribution in [2.75, 3.05) is 17.2 Å². The molecule has 0 amide bonds. The Balaban J connectivity index is 1.44. The lowest BCUT2D eigenvalue weighted by molar-refractivity contribution is 0.0986. The molecule has 3 rings (SSSR count). The SMILES string of the molecule is O=C(CCNc1ccc(NCc2nc(=O)[nH][nH]2)cc1)c1cccnc1. The number of aromatic amines is 2. The summed E-state index contributed by atoms with van der Waals surface area (Å²) in [6.07, 6.45) is 3.63. The van der Waals surface area contributed by atoms with Crippen LogP contribution in [0.5, 0.6) is 0 Å². The van der Waals surface area contributed by atoms with Crippen LogP contribution in [0, 0.1) is 0 Å². The quantitative estimate of drug-likeness (QED) is 0.465. The van der Waals surface area contributed by atoms with E-state index in [0.717, 1.165) is 11.4 Å². The third-order valence-electron chi connectivity index (χ3n) is 3.56. The van der Waals surface area contributed by atoms with E-state index in [1.807, 2.05) is 24.3 Å². The lowest BCUT2D eigenvalue weighted by Crippen LogP contribution is -2.09. The van der Waals surface area contributed by atoms with Gasteiger partial charge in [0, 0.05) is 42.3 Å². The normalized spacial score (nSPS) is 10.4. The van der Waals surface area contributed by atoms with Crippen molar-refractivity contribution in [2.45, 2.75) is 13.0 Å². The van der Waals surface area contributed by atoms with Gasteiger partial charge in [-0.25, -0.2) is 9.89 Å². The molecule has 8 nitrogen and oxygen atoms in total. The molecule has 0 unspecified atom stereocenters. The molecule has 128 valence electrons. The number of hydrogen-bond donors (Lipinski definition) is 4. The molecule has 25 heavy (non-hydrogen) atoms. The molecule has 0 bridgehead atoms. The summed E-state index contributed by atoms with van der Waals surface area (Å²) in [4.78, 5) is 30.6. The van der Waals surface area contributed by atoms with Gasteiger partial charge in [0.05, 0.1) is 6.54 Å². The first-order chi connectivity index (χ1) is 12.2. The van der Waals surface area contributed by atoms with Gasteiger partial charge in [0.15, 0.2) is 5.78 Å². The van der Waals surface area contributed by atoms with Crippen molar-refractivity contribution in [3.63, 3.8) is 0 Å². The fourth-order valence-electron chi connectivity index (χ4n) is 2.27. The van der Waals surface area contributed by atoms with Crippen molar-refractivity contribution < 1.29 is 4.79 Å². The van der Waals surface area contributed by atoms with Crippen LogP contribution in [0.15, 0.2) is 53.6 Å². The van der Waals surface area contributed by atoms with Gasteiger partial charge in [-0.3, -0.25) is 14.9 Å². The van der Waals surface area contributed by atoms with Crippen molar-refractivity contribution in [1.29, 1.82) is 0 Å². The summed E-state index contributed by atoms with van der Waals surface area (Å²) in [5.41, 5.74) is 2.07. The molecule has 3 aromatic rings. The zero-order valence-electron chi connectivity index (χ0n) is 13.5. The average Bonchev–Trinajstić information content (AvgIpc) is 3.07. The number of anilines is 2. The fraction of sp³-hybridized carbons (Fsp3) is 0.176. The second kappa shape index (κ2) is 7.91. The minimum Gasteiger partial charge on any atom is -0.385 e. The van der Waals surface area contributed by atoms with E-state index in [-0.39, 0.29) is 5.78 Å². The predicted octanol–water partition coefficient (Wildman–Crippen LogP) is 1.79. The van der Waals surface area contributed by atoms with Crippen molar-refractivity contribution >= 4 is 17.2 Å². The summed E-state index contributed by atoms with van der Waals surface area (Å²) in [7, 11) is 0. The lowest BCUT2D eigenvalue weighted by atomic mass is 10.1. The summed E-state index contributed by atoms with van der Waals surface area (Å²) in [5, 5.41) is 11.4. The number of nitrogens with zero attached hydrogens (tertiary/aromatic N) is 2. The highest BCUT2D eigenvalue weighted by molar-refractivity contribution is 5.95. The number of H-pyrrole nitrogens is 2. The molecule has 2 aromatic heterocycles. The molecule has 0 aliphatic carbocycles. The molecule has 4 N–H and O–H groups in total. The maximum atomic E-state index is 12.0. The Labute approximate surface area is 143 Å². The first-order valence-corrected chi connectivity index (χ1v) is 7.85. The topological polar surface area (TPSA) is 116 Å². The van der Waals surface area contributed by atoms with E-state index in [1.165, 1.54) is 0 Å². The number of aromatic nitrogens is 4. The summed E-state index contributed by atoms with van der Waals surface area (Å²) < 4.78 is 0. The Morgan fingerprint density at radius 3 is 2.44 bits per heavy atom. The number of ketones is 1. The van der Waals surface area contributed by atoms with Gasteiger partial charge in [-0.05, 0) is 36.4 Å². The van der Waals surface area contributed by atoms with Crippen LogP contribution in [0.1, 0.15) is 22.6 Å². The van der Waals surface area contributed by atoms with Crippen molar-refractivity contribution in [3.05, 3.63) is 70.7 Å². The van der Waals surface area contributed by atoms with Crippen LogP contribution >= 0.6 is 0 Å². The molecule has 1 aromatic carbocycles. The third-order valence-corrected chi connectivity index (χ3v) is 3.56. The third kappa shape index (κ3) is 4.77. The molecular formula is C17H18N6O2. The van der Waals surface area contributed by atoms with E-state index >= 15 is 0 Å². The smallest absolute Gasteiger partial charge is 0.361 e. The van der Waals surface area contributed by atoms with Crippen molar-refractivity contribution in [1.82, 2.24) is 20.2 Å². The Hall–Kier alpha value is -3.42. The highest BCUT2D eigenvalue weighted by Crippen LogP contribution is 2.14. The number of benzene rings is 1. The van der Waals surface area contributed by atoms with Gasteiger partial charge in [0.1, 0.15) is 5.82 Å². The molecule has 0 aliphatic heterocycles. The minimum atomic E-state index is -0.392. The summed E-state index contributed by atoms with van der Waals surface area (Å²) >= 11 is 0. The second-order valence-electron chi connectivity index (χ2n) is 5.39. The van der Waals surface area contributed by atoms with Gasteiger partial charge < -0.3 is 10.6 Å². The van der Waals surface area contributed by atoms with E-state index in [4.69, 9.17) is 0 Å². The highest BCUT2D eigenvalue weighted by atomic mass is 16.1. The Morgan fingerprint density at radius 1 is 1.04 bits per heavy atom. The molecular weight excluding hydrogens is 320 g/mol. The molecule has 0 saturated carbocycles. The lowest BCUT2D eigenvalue weighted by Gasteiger charge is -2.08. The van der Waals surface area contributed by atoms with Gasteiger partial charge in [-0.1, -0.05) is 0 Å². The van der Waals surface area contributed by atoms with E-state index in [0.29, 0.717) is 30.9 Å². The van der Waals surface area contributed by atoms with Crippen LogP contribution in [0.4, 0.5) is 11.4 Å². The summed E-state index contributed by atoms with van der Waals surface area (Å²) in [6, 6.07) is 11.2. The van der Waals surface area contributed by atoms with Crippen LogP contribution < -0.4 is 16.3 Å². The number of nitrogens with one attached hydrogen (secondary N) is 4. The Morgan fingerprint density at radius 2 is 1.80 bits per heavy atom. The molecule has 0 radical (unpaired) electrons. The maximum Gasteiger partial charge on any atom is 0.361 e. The number of hydrogen-bond acceptors (Lipinski definition) is 6. The average molecular weight is 338 g/mol. The Bertz CT molecular complexity index is 870. The fourth-order valence-corrected chi connectivity index (χ4v) is 2.27. The van der Waals surface area contributed by atoms with Gasteiger partial charge >= 0.3 is 5.69 Å². The molecule has 0 spiro atoms. The summed E-state index contributed by atoms with van der Waals surface area (Å²) in [6.45, 7) is 0.972. The van der Waals surface area contributed by atoms with Crippen LogP contribution in [0.3, 0.4) is 0 Å². The van der Waals surface area contributed by atoms with Crippen LogP contribution in [0.25, 0.3) is 0 Å². The highest BCUT2D eigenvalue weighted by Gasteiger charge is 2.05. The standard InChI is InChI=1S/C17H18N6O2/c24-15(12-2-1-8-18-10-12)7-9-19-13-3-5-14(6-4-13)20-11-16-21-17(25)23-22-16/h1-6,8,10,19-20H,7,9,11H2,(H2,21,22,23,25). The van der Waals surface area contributed by atoms with E-state index in [2.05, 4.69) is 30.8 Å². The molecule has 0 atom stereocenters. The largest absolute Gasteiger partial charge is 0.385 e. The molecule has 8 heteroatoms. The number of pyridine rings is 1. The second-order valence-corrected chi connectivity index (χ2v) is 5.39. The van der Waals surface area contributed by atoms with Crippen LogP contribution in [-0.4, -0.2) is 32.5 Å². The predicted molar refractivity (Wildman–Crippen MR) is 94.7 cm³/mol. The molecule has 0 saturated heterocycles. The number of carbonyl (C=O) groups excluding carboxylic acids is 1. The van der Waals surface area contributed by atoms with Gasteiger partial charge in [0.25, 0.3) is 0 Å². The van der Waals surface area contributed by atoms with E-state index < -0.39 is 5.69 Å². The van der Waals surface area contributed by atoms with E-state index in [1.54, 1.807) is 24.5 Å².